The molecule has 0 spiro atoms. The SMILES string of the molecule is C=C/C=C(\C=C(/C)Cl)Cc1cc2c(=O)n([C@H]3CCOC[C@@H]3O)cnc2c2ccccc12. The number of benzene rings is 2. The van der Waals surface area contributed by atoms with Gasteiger partial charge in [0.05, 0.1) is 36.0 Å². The van der Waals surface area contributed by atoms with Gasteiger partial charge in [-0.15, -0.1) is 0 Å². The summed E-state index contributed by atoms with van der Waals surface area (Å²) < 4.78 is 6.87. The fourth-order valence-electron chi connectivity index (χ4n) is 4.25. The van der Waals surface area contributed by atoms with Crippen LogP contribution in [0.25, 0.3) is 21.7 Å². The van der Waals surface area contributed by atoms with E-state index in [0.717, 1.165) is 21.9 Å². The number of ether oxygens (including phenoxy) is 1. The lowest BCUT2D eigenvalue weighted by atomic mass is 9.95. The van der Waals surface area contributed by atoms with Crippen LogP contribution >= 0.6 is 11.6 Å². The number of aromatic nitrogens is 2. The first kappa shape index (κ1) is 21.5. The van der Waals surface area contributed by atoms with Gasteiger partial charge < -0.3 is 9.84 Å². The van der Waals surface area contributed by atoms with E-state index < -0.39 is 6.10 Å². The van der Waals surface area contributed by atoms with Crippen LogP contribution in [-0.4, -0.2) is 34.0 Å². The maximum absolute atomic E-state index is 13.5. The fraction of sp³-hybridized carbons (Fsp3) is 0.280. The number of nitrogens with zero attached hydrogens (tertiary/aromatic N) is 2. The Morgan fingerprint density at radius 3 is 2.84 bits per heavy atom. The highest BCUT2D eigenvalue weighted by atomic mass is 35.5. The van der Waals surface area contributed by atoms with Crippen LogP contribution in [0.2, 0.25) is 0 Å². The Morgan fingerprint density at radius 2 is 2.13 bits per heavy atom. The van der Waals surface area contributed by atoms with Gasteiger partial charge in [0, 0.05) is 17.0 Å². The van der Waals surface area contributed by atoms with Gasteiger partial charge in [0.2, 0.25) is 0 Å². The van der Waals surface area contributed by atoms with Gasteiger partial charge in [0.15, 0.2) is 0 Å². The number of aliphatic hydroxyl groups is 1. The van der Waals surface area contributed by atoms with Crippen molar-refractivity contribution in [3.05, 3.63) is 88.0 Å². The molecule has 1 aliphatic rings. The molecule has 1 aromatic heterocycles. The molecule has 2 heterocycles. The zero-order chi connectivity index (χ0) is 22.0. The van der Waals surface area contributed by atoms with Crippen molar-refractivity contribution in [3.8, 4) is 0 Å². The summed E-state index contributed by atoms with van der Waals surface area (Å²) >= 11 is 6.12. The second kappa shape index (κ2) is 9.18. The Labute approximate surface area is 185 Å². The Kier molecular flexibility index (Phi) is 6.37. The van der Waals surface area contributed by atoms with Crippen LogP contribution in [0, 0.1) is 0 Å². The summed E-state index contributed by atoms with van der Waals surface area (Å²) in [4.78, 5) is 18.1. The van der Waals surface area contributed by atoms with Gasteiger partial charge in [-0.2, -0.15) is 0 Å². The van der Waals surface area contributed by atoms with Gasteiger partial charge in [0.1, 0.15) is 0 Å². The van der Waals surface area contributed by atoms with Gasteiger partial charge in [-0.1, -0.05) is 54.6 Å². The van der Waals surface area contributed by atoms with Gasteiger partial charge in [0.25, 0.3) is 5.56 Å². The van der Waals surface area contributed by atoms with E-state index in [9.17, 15) is 9.90 Å². The lowest BCUT2D eigenvalue weighted by Crippen LogP contribution is -2.39. The number of hydrogen-bond donors (Lipinski definition) is 1. The summed E-state index contributed by atoms with van der Waals surface area (Å²) in [6.45, 7) is 6.36. The minimum Gasteiger partial charge on any atom is -0.389 e. The molecule has 2 atom stereocenters. The van der Waals surface area contributed by atoms with Crippen molar-refractivity contribution in [2.24, 2.45) is 0 Å². The molecule has 0 amide bonds. The smallest absolute Gasteiger partial charge is 0.261 e. The Balaban J connectivity index is 1.92. The number of rotatable bonds is 5. The maximum atomic E-state index is 13.5. The van der Waals surface area contributed by atoms with E-state index in [-0.39, 0.29) is 18.2 Å². The summed E-state index contributed by atoms with van der Waals surface area (Å²) in [5.41, 5.74) is 2.52. The molecule has 6 heteroatoms. The van der Waals surface area contributed by atoms with E-state index in [1.165, 1.54) is 0 Å². The number of hydrogen-bond acceptors (Lipinski definition) is 4. The third-order valence-corrected chi connectivity index (χ3v) is 5.75. The summed E-state index contributed by atoms with van der Waals surface area (Å²) in [6, 6.07) is 9.54. The molecule has 31 heavy (non-hydrogen) atoms. The lowest BCUT2D eigenvalue weighted by molar-refractivity contribution is -0.0395. The van der Waals surface area contributed by atoms with Gasteiger partial charge in [-0.25, -0.2) is 4.98 Å². The minimum atomic E-state index is -0.732. The lowest BCUT2D eigenvalue weighted by Gasteiger charge is -2.29. The summed E-state index contributed by atoms with van der Waals surface area (Å²) in [5.74, 6) is 0. The largest absolute Gasteiger partial charge is 0.389 e. The molecule has 1 fully saturated rings. The first-order valence-corrected chi connectivity index (χ1v) is 10.7. The van der Waals surface area contributed by atoms with E-state index in [1.807, 2.05) is 49.4 Å². The predicted octanol–water partition coefficient (Wildman–Crippen LogP) is 4.67. The van der Waals surface area contributed by atoms with Gasteiger partial charge in [-0.05, 0) is 48.4 Å². The molecule has 2 aromatic carbocycles. The van der Waals surface area contributed by atoms with E-state index >= 15 is 0 Å². The second-order valence-electron chi connectivity index (χ2n) is 7.82. The molecule has 1 N–H and O–H groups in total. The van der Waals surface area contributed by atoms with Crippen LogP contribution < -0.4 is 5.56 Å². The highest BCUT2D eigenvalue weighted by molar-refractivity contribution is 6.29. The first-order valence-electron chi connectivity index (χ1n) is 10.3. The molecule has 1 saturated heterocycles. The van der Waals surface area contributed by atoms with Gasteiger partial charge >= 0.3 is 0 Å². The average Bonchev–Trinajstić information content (AvgIpc) is 2.75. The number of allylic oxidation sites excluding steroid dienone is 5. The molecule has 5 nitrogen and oxygen atoms in total. The first-order chi connectivity index (χ1) is 15.0. The van der Waals surface area contributed by atoms with Crippen LogP contribution in [0.5, 0.6) is 0 Å². The molecular formula is C25H25ClN2O3. The van der Waals surface area contributed by atoms with Crippen LogP contribution in [0.1, 0.15) is 24.9 Å². The monoisotopic (exact) mass is 436 g/mol. The quantitative estimate of drug-likeness (QED) is 0.466. The Morgan fingerprint density at radius 1 is 1.35 bits per heavy atom. The van der Waals surface area contributed by atoms with E-state index in [4.69, 9.17) is 16.3 Å². The normalized spacial score (nSPS) is 20.4. The highest BCUT2D eigenvalue weighted by Crippen LogP contribution is 2.29. The number of aliphatic hydroxyl groups excluding tert-OH is 1. The van der Waals surface area contributed by atoms with Crippen LogP contribution in [-0.2, 0) is 11.2 Å². The molecule has 0 aliphatic carbocycles. The number of fused-ring (bicyclic) bond motifs is 3. The molecule has 160 valence electrons. The molecular weight excluding hydrogens is 412 g/mol. The van der Waals surface area contributed by atoms with Crippen LogP contribution in [0.4, 0.5) is 0 Å². The average molecular weight is 437 g/mol. The third kappa shape index (κ3) is 4.35. The topological polar surface area (TPSA) is 64.3 Å². The minimum absolute atomic E-state index is 0.152. The van der Waals surface area contributed by atoms with Crippen molar-refractivity contribution in [3.63, 3.8) is 0 Å². The van der Waals surface area contributed by atoms with E-state index in [0.29, 0.717) is 35.4 Å². The molecule has 0 radical (unpaired) electrons. The van der Waals surface area contributed by atoms with Crippen molar-refractivity contribution < 1.29 is 9.84 Å². The fourth-order valence-corrected chi connectivity index (χ4v) is 4.39. The third-order valence-electron chi connectivity index (χ3n) is 5.64. The van der Waals surface area contributed by atoms with Gasteiger partial charge in [-0.3, -0.25) is 9.36 Å². The van der Waals surface area contributed by atoms with Crippen molar-refractivity contribution in [2.75, 3.05) is 13.2 Å². The van der Waals surface area contributed by atoms with Crippen LogP contribution in [0.3, 0.4) is 0 Å². The molecule has 1 aliphatic heterocycles. The Hall–Kier alpha value is -2.73. The van der Waals surface area contributed by atoms with Crippen molar-refractivity contribution in [1.82, 2.24) is 9.55 Å². The maximum Gasteiger partial charge on any atom is 0.261 e. The summed E-state index contributed by atoms with van der Waals surface area (Å²) in [5, 5.41) is 13.5. The summed E-state index contributed by atoms with van der Waals surface area (Å²) in [7, 11) is 0. The zero-order valence-corrected chi connectivity index (χ0v) is 18.2. The molecule has 4 rings (SSSR count). The van der Waals surface area contributed by atoms with Crippen LogP contribution in [0.15, 0.2) is 76.9 Å². The van der Waals surface area contributed by atoms with Crippen molar-refractivity contribution >= 4 is 33.3 Å². The predicted molar refractivity (Wildman–Crippen MR) is 126 cm³/mol. The standard InChI is InChI=1S/C25H25ClN2O3/c1-3-6-17(11-16(2)26)12-18-13-21-24(20-8-5-4-7-19(18)20)27-15-28(25(21)30)22-9-10-31-14-23(22)29/h3-8,11,13,15,22-23,29H,1,9-10,12,14H2,2H3/b16-11+,17-6+/t22-,23-/m0/s1. The van der Waals surface area contributed by atoms with E-state index in [1.54, 1.807) is 17.0 Å². The van der Waals surface area contributed by atoms with E-state index in [2.05, 4.69) is 11.6 Å². The van der Waals surface area contributed by atoms with Crippen molar-refractivity contribution in [2.45, 2.75) is 31.9 Å². The second-order valence-corrected chi connectivity index (χ2v) is 8.41. The number of halogens is 1. The highest BCUT2D eigenvalue weighted by Gasteiger charge is 2.27. The molecule has 0 bridgehead atoms. The zero-order valence-electron chi connectivity index (χ0n) is 17.4. The Bertz CT molecular complexity index is 1250. The summed E-state index contributed by atoms with van der Waals surface area (Å²) in [6.07, 6.45) is 7.55. The molecule has 3 aromatic rings. The van der Waals surface area contributed by atoms with Crippen molar-refractivity contribution in [1.29, 1.82) is 0 Å². The molecule has 0 saturated carbocycles. The molecule has 0 unspecified atom stereocenters.